The minimum Gasteiger partial charge on any atom is -0.462 e. The summed E-state index contributed by atoms with van der Waals surface area (Å²) in [6.07, 6.45) is 11.2. The molecule has 2 aliphatic carbocycles. The summed E-state index contributed by atoms with van der Waals surface area (Å²) in [5.41, 5.74) is -0.624. The van der Waals surface area contributed by atoms with E-state index in [-0.39, 0.29) is 34.5 Å². The lowest BCUT2D eigenvalue weighted by atomic mass is 9.72. The third kappa shape index (κ3) is 10.0. The van der Waals surface area contributed by atoms with Gasteiger partial charge in [0, 0.05) is 0 Å². The van der Waals surface area contributed by atoms with E-state index in [1.165, 1.54) is 38.5 Å². The van der Waals surface area contributed by atoms with Gasteiger partial charge in [0.1, 0.15) is 11.7 Å². The van der Waals surface area contributed by atoms with Gasteiger partial charge in [0.25, 0.3) is 0 Å². The molecule has 2 rings (SSSR count). The van der Waals surface area contributed by atoms with Gasteiger partial charge in [0.05, 0.1) is 10.8 Å². The van der Waals surface area contributed by atoms with Gasteiger partial charge in [-0.2, -0.15) is 0 Å². The molecular weight excluding hydrogens is 448 g/mol. The van der Waals surface area contributed by atoms with E-state index in [0.29, 0.717) is 11.3 Å². The van der Waals surface area contributed by atoms with Crippen molar-refractivity contribution in [3.8, 4) is 0 Å². The van der Waals surface area contributed by atoms with Gasteiger partial charge in [-0.25, -0.2) is 0 Å². The van der Waals surface area contributed by atoms with Crippen LogP contribution in [0.4, 0.5) is 0 Å². The lowest BCUT2D eigenvalue weighted by Gasteiger charge is -2.39. The first-order valence-corrected chi connectivity index (χ1v) is 14.8. The van der Waals surface area contributed by atoms with Crippen LogP contribution in [0.15, 0.2) is 0 Å². The Kier molecular flexibility index (Phi) is 12.0. The van der Waals surface area contributed by atoms with E-state index in [1.807, 2.05) is 41.5 Å². The van der Waals surface area contributed by atoms with Gasteiger partial charge in [-0.1, -0.05) is 54.4 Å². The maximum Gasteiger partial charge on any atom is 0.312 e. The molecule has 2 aliphatic rings. The number of hydrogen-bond donors (Lipinski definition) is 0. The first-order valence-electron chi connectivity index (χ1n) is 14.8. The lowest BCUT2D eigenvalue weighted by molar-refractivity contribution is -0.174. The quantitative estimate of drug-likeness (QED) is 0.322. The van der Waals surface area contributed by atoms with Gasteiger partial charge >= 0.3 is 11.9 Å². The van der Waals surface area contributed by atoms with E-state index in [2.05, 4.69) is 41.5 Å². The summed E-state index contributed by atoms with van der Waals surface area (Å²) in [4.78, 5) is 24.2. The number of esters is 2. The van der Waals surface area contributed by atoms with Crippen LogP contribution in [0, 0.1) is 34.0 Å². The van der Waals surface area contributed by atoms with Gasteiger partial charge in [-0.05, 0) is 116 Å². The van der Waals surface area contributed by atoms with Crippen molar-refractivity contribution < 1.29 is 19.1 Å². The van der Waals surface area contributed by atoms with Crippen molar-refractivity contribution in [1.82, 2.24) is 0 Å². The Balaban J connectivity index is 0.000000360. The second-order valence-electron chi connectivity index (χ2n) is 14.7. The summed E-state index contributed by atoms with van der Waals surface area (Å²) >= 11 is 0. The van der Waals surface area contributed by atoms with Gasteiger partial charge < -0.3 is 9.47 Å². The van der Waals surface area contributed by atoms with Crippen LogP contribution in [0.2, 0.25) is 0 Å². The first-order chi connectivity index (χ1) is 16.4. The topological polar surface area (TPSA) is 52.6 Å². The largest absolute Gasteiger partial charge is 0.462 e. The van der Waals surface area contributed by atoms with Crippen LogP contribution < -0.4 is 0 Å². The van der Waals surface area contributed by atoms with E-state index in [9.17, 15) is 9.59 Å². The average molecular weight is 509 g/mol. The molecule has 4 nitrogen and oxygen atoms in total. The SMILES string of the molecule is CCC(C)(C)C(=O)OC(C)(C)C1CCC(C)CC1.CCC(C)(C)C(=O)OC1CCC(C(C)(C)C)CC1. The monoisotopic (exact) mass is 508 g/mol. The second-order valence-corrected chi connectivity index (χ2v) is 14.7. The van der Waals surface area contributed by atoms with Crippen molar-refractivity contribution in [3.05, 3.63) is 0 Å². The van der Waals surface area contributed by atoms with Crippen molar-refractivity contribution in [2.24, 2.45) is 34.0 Å². The van der Waals surface area contributed by atoms with Crippen LogP contribution in [0.25, 0.3) is 0 Å². The fourth-order valence-electron chi connectivity index (χ4n) is 5.06. The van der Waals surface area contributed by atoms with E-state index >= 15 is 0 Å². The van der Waals surface area contributed by atoms with Crippen LogP contribution in [-0.2, 0) is 19.1 Å². The van der Waals surface area contributed by atoms with Crippen molar-refractivity contribution in [1.29, 1.82) is 0 Å². The predicted octanol–water partition coefficient (Wildman–Crippen LogP) is 9.14. The minimum absolute atomic E-state index is 0.0239. The standard InChI is InChI=1S/2C16H30O2/c1-7-16(5,6)14(17)18-13-10-8-12(9-11-13)15(2,3)4;1-7-15(3,4)14(17)18-16(5,6)13-10-8-12(2)9-11-13/h2*12-13H,7-11H2,1-6H3. The Bertz CT molecular complexity index is 681. The molecule has 0 unspecified atom stereocenters. The highest BCUT2D eigenvalue weighted by molar-refractivity contribution is 5.76. The smallest absolute Gasteiger partial charge is 0.312 e. The molecule has 0 spiro atoms. The molecule has 0 atom stereocenters. The number of hydrogen-bond acceptors (Lipinski definition) is 4. The average Bonchev–Trinajstić information content (AvgIpc) is 2.79. The fraction of sp³-hybridized carbons (Fsp3) is 0.938. The van der Waals surface area contributed by atoms with Crippen molar-refractivity contribution >= 4 is 11.9 Å². The highest BCUT2D eigenvalue weighted by Crippen LogP contribution is 2.40. The Morgan fingerprint density at radius 2 is 1.06 bits per heavy atom. The Morgan fingerprint density at radius 1 is 0.639 bits per heavy atom. The number of rotatable bonds is 7. The summed E-state index contributed by atoms with van der Waals surface area (Å²) in [6.45, 7) is 25.4. The third-order valence-corrected chi connectivity index (χ3v) is 9.40. The minimum atomic E-state index is -0.362. The lowest BCUT2D eigenvalue weighted by Crippen LogP contribution is -2.42. The van der Waals surface area contributed by atoms with Gasteiger partial charge in [0.15, 0.2) is 0 Å². The van der Waals surface area contributed by atoms with Crippen LogP contribution >= 0.6 is 0 Å². The van der Waals surface area contributed by atoms with Gasteiger partial charge in [-0.15, -0.1) is 0 Å². The summed E-state index contributed by atoms with van der Waals surface area (Å²) < 4.78 is 11.5. The van der Waals surface area contributed by atoms with E-state index in [0.717, 1.165) is 37.5 Å². The van der Waals surface area contributed by atoms with Crippen molar-refractivity contribution in [2.45, 2.75) is 159 Å². The Morgan fingerprint density at radius 3 is 1.47 bits per heavy atom. The van der Waals surface area contributed by atoms with Crippen molar-refractivity contribution in [3.63, 3.8) is 0 Å². The molecule has 0 heterocycles. The van der Waals surface area contributed by atoms with Crippen LogP contribution in [-0.4, -0.2) is 23.6 Å². The predicted molar refractivity (Wildman–Crippen MR) is 151 cm³/mol. The zero-order chi connectivity index (χ0) is 27.9. The molecule has 0 saturated heterocycles. The second kappa shape index (κ2) is 13.1. The molecule has 0 aliphatic heterocycles. The molecule has 2 fully saturated rings. The molecule has 4 heteroatoms. The normalized spacial score (nSPS) is 25.9. The zero-order valence-corrected chi connectivity index (χ0v) is 26.0. The van der Waals surface area contributed by atoms with Crippen LogP contribution in [0.5, 0.6) is 0 Å². The molecule has 0 amide bonds. The number of carbonyl (C=O) groups excluding carboxylic acids is 2. The fourth-order valence-corrected chi connectivity index (χ4v) is 5.06. The van der Waals surface area contributed by atoms with Crippen molar-refractivity contribution in [2.75, 3.05) is 0 Å². The summed E-state index contributed by atoms with van der Waals surface area (Å²) in [6, 6.07) is 0. The number of carbonyl (C=O) groups is 2. The first kappa shape index (κ1) is 33.0. The molecule has 212 valence electrons. The Hall–Kier alpha value is -1.06. The molecule has 0 bridgehead atoms. The van der Waals surface area contributed by atoms with Crippen LogP contribution in [0.1, 0.15) is 147 Å². The molecule has 0 aromatic heterocycles. The van der Waals surface area contributed by atoms with E-state index < -0.39 is 0 Å². The number of ether oxygens (including phenoxy) is 2. The molecule has 0 aromatic carbocycles. The van der Waals surface area contributed by atoms with Crippen LogP contribution in [0.3, 0.4) is 0 Å². The van der Waals surface area contributed by atoms with Gasteiger partial charge in [-0.3, -0.25) is 9.59 Å². The molecular formula is C32H60O4. The maximum absolute atomic E-state index is 12.2. The zero-order valence-electron chi connectivity index (χ0n) is 26.0. The highest BCUT2D eigenvalue weighted by atomic mass is 16.6. The molecule has 0 aromatic rings. The Labute approximate surface area is 224 Å². The van der Waals surface area contributed by atoms with Gasteiger partial charge in [0.2, 0.25) is 0 Å². The maximum atomic E-state index is 12.2. The molecule has 0 N–H and O–H groups in total. The summed E-state index contributed by atoms with van der Waals surface area (Å²) in [7, 11) is 0. The third-order valence-electron chi connectivity index (χ3n) is 9.40. The highest BCUT2D eigenvalue weighted by Gasteiger charge is 2.39. The van der Waals surface area contributed by atoms with E-state index in [1.54, 1.807) is 0 Å². The molecule has 0 radical (unpaired) electrons. The molecule has 2 saturated carbocycles. The van der Waals surface area contributed by atoms with E-state index in [4.69, 9.17) is 9.47 Å². The summed E-state index contributed by atoms with van der Waals surface area (Å²) in [5, 5.41) is 0. The molecule has 36 heavy (non-hydrogen) atoms. The summed E-state index contributed by atoms with van der Waals surface area (Å²) in [5.74, 6) is 2.05.